The van der Waals surface area contributed by atoms with Gasteiger partial charge in [-0.05, 0) is 25.1 Å². The number of aromatic hydroxyl groups is 1. The standard InChI is InChI=1S/C12H11F3N2O/c1-2-17-7-8(6-16-17)10-4-3-9(5-11(10)18)12(13,14)15/h3-7,18H,2H2,1H3. The monoisotopic (exact) mass is 256 g/mol. The van der Waals surface area contributed by atoms with Crippen LogP contribution in [-0.4, -0.2) is 14.9 Å². The van der Waals surface area contributed by atoms with Gasteiger partial charge in [-0.2, -0.15) is 18.3 Å². The van der Waals surface area contributed by atoms with Gasteiger partial charge < -0.3 is 5.11 Å². The predicted octanol–water partition coefficient (Wildman–Crippen LogP) is 3.29. The number of aryl methyl sites for hydroxylation is 1. The summed E-state index contributed by atoms with van der Waals surface area (Å²) in [6, 6.07) is 2.91. The molecule has 0 bridgehead atoms. The molecule has 0 aliphatic carbocycles. The number of halogens is 3. The van der Waals surface area contributed by atoms with Gasteiger partial charge in [-0.1, -0.05) is 0 Å². The quantitative estimate of drug-likeness (QED) is 0.895. The van der Waals surface area contributed by atoms with E-state index in [9.17, 15) is 18.3 Å². The van der Waals surface area contributed by atoms with Crippen molar-refractivity contribution in [1.29, 1.82) is 0 Å². The molecule has 0 unspecified atom stereocenters. The maximum atomic E-state index is 12.4. The van der Waals surface area contributed by atoms with E-state index in [-0.39, 0.29) is 0 Å². The first-order valence-corrected chi connectivity index (χ1v) is 5.35. The van der Waals surface area contributed by atoms with Crippen LogP contribution in [0.15, 0.2) is 30.6 Å². The number of benzene rings is 1. The average molecular weight is 256 g/mol. The fourth-order valence-electron chi connectivity index (χ4n) is 1.63. The Labute approximate surface area is 101 Å². The van der Waals surface area contributed by atoms with E-state index in [1.54, 1.807) is 10.9 Å². The van der Waals surface area contributed by atoms with Gasteiger partial charge in [0, 0.05) is 23.9 Å². The van der Waals surface area contributed by atoms with Crippen LogP contribution >= 0.6 is 0 Å². The highest BCUT2D eigenvalue weighted by Crippen LogP contribution is 2.36. The lowest BCUT2D eigenvalue weighted by molar-refractivity contribution is -0.137. The molecule has 0 amide bonds. The third-order valence-electron chi connectivity index (χ3n) is 2.59. The third-order valence-corrected chi connectivity index (χ3v) is 2.59. The van der Waals surface area contributed by atoms with E-state index in [1.165, 1.54) is 12.3 Å². The van der Waals surface area contributed by atoms with Crippen molar-refractivity contribution in [3.05, 3.63) is 36.2 Å². The zero-order valence-corrected chi connectivity index (χ0v) is 9.57. The second-order valence-corrected chi connectivity index (χ2v) is 3.81. The second-order valence-electron chi connectivity index (χ2n) is 3.81. The van der Waals surface area contributed by atoms with Gasteiger partial charge in [0.2, 0.25) is 0 Å². The molecule has 18 heavy (non-hydrogen) atoms. The Morgan fingerprint density at radius 1 is 1.33 bits per heavy atom. The average Bonchev–Trinajstić information content (AvgIpc) is 2.76. The van der Waals surface area contributed by atoms with Crippen molar-refractivity contribution >= 4 is 0 Å². The van der Waals surface area contributed by atoms with Gasteiger partial charge in [0.15, 0.2) is 0 Å². The Morgan fingerprint density at radius 2 is 2.06 bits per heavy atom. The molecule has 1 aromatic heterocycles. The van der Waals surface area contributed by atoms with E-state index in [0.717, 1.165) is 12.1 Å². The highest BCUT2D eigenvalue weighted by atomic mass is 19.4. The molecule has 0 radical (unpaired) electrons. The first kappa shape index (κ1) is 12.5. The minimum atomic E-state index is -4.45. The van der Waals surface area contributed by atoms with Crippen molar-refractivity contribution in [2.45, 2.75) is 19.6 Å². The minimum Gasteiger partial charge on any atom is -0.507 e. The van der Waals surface area contributed by atoms with Crippen molar-refractivity contribution in [1.82, 2.24) is 9.78 Å². The van der Waals surface area contributed by atoms with Crippen LogP contribution in [0, 0.1) is 0 Å². The number of aromatic nitrogens is 2. The Morgan fingerprint density at radius 3 is 2.56 bits per heavy atom. The smallest absolute Gasteiger partial charge is 0.416 e. The molecule has 2 aromatic rings. The molecule has 6 heteroatoms. The summed E-state index contributed by atoms with van der Waals surface area (Å²) in [7, 11) is 0. The van der Waals surface area contributed by atoms with Crippen LogP contribution in [0.3, 0.4) is 0 Å². The molecule has 0 spiro atoms. The summed E-state index contributed by atoms with van der Waals surface area (Å²) in [6.45, 7) is 2.55. The van der Waals surface area contributed by atoms with Crippen LogP contribution < -0.4 is 0 Å². The maximum absolute atomic E-state index is 12.4. The molecule has 1 N–H and O–H groups in total. The van der Waals surface area contributed by atoms with Crippen molar-refractivity contribution in [2.24, 2.45) is 0 Å². The number of hydrogen-bond donors (Lipinski definition) is 1. The molecule has 0 aliphatic rings. The molecule has 0 atom stereocenters. The van der Waals surface area contributed by atoms with Crippen LogP contribution in [0.1, 0.15) is 12.5 Å². The van der Waals surface area contributed by atoms with E-state index >= 15 is 0 Å². The first-order chi connectivity index (χ1) is 8.41. The van der Waals surface area contributed by atoms with Gasteiger partial charge in [-0.3, -0.25) is 4.68 Å². The summed E-state index contributed by atoms with van der Waals surface area (Å²) in [4.78, 5) is 0. The minimum absolute atomic E-state index is 0.336. The lowest BCUT2D eigenvalue weighted by Crippen LogP contribution is -2.04. The van der Waals surface area contributed by atoms with E-state index in [0.29, 0.717) is 17.7 Å². The Balaban J connectivity index is 2.41. The van der Waals surface area contributed by atoms with Crippen molar-refractivity contribution in [3.8, 4) is 16.9 Å². The maximum Gasteiger partial charge on any atom is 0.416 e. The van der Waals surface area contributed by atoms with E-state index in [4.69, 9.17) is 0 Å². The summed E-state index contributed by atoms with van der Waals surface area (Å²) in [5, 5.41) is 13.7. The van der Waals surface area contributed by atoms with Crippen molar-refractivity contribution in [2.75, 3.05) is 0 Å². The Kier molecular flexibility index (Phi) is 3.02. The summed E-state index contributed by atoms with van der Waals surface area (Å²) in [6.07, 6.45) is -1.28. The highest BCUT2D eigenvalue weighted by molar-refractivity contribution is 5.69. The lowest BCUT2D eigenvalue weighted by Gasteiger charge is -2.08. The normalized spacial score (nSPS) is 11.8. The zero-order valence-electron chi connectivity index (χ0n) is 9.57. The van der Waals surface area contributed by atoms with Crippen molar-refractivity contribution in [3.63, 3.8) is 0 Å². The molecule has 0 saturated carbocycles. The Hall–Kier alpha value is -1.98. The number of alkyl halides is 3. The SMILES string of the molecule is CCn1cc(-c2ccc(C(F)(F)F)cc2O)cn1. The molecule has 0 fully saturated rings. The number of hydrogen-bond acceptors (Lipinski definition) is 2. The van der Waals surface area contributed by atoms with Crippen LogP contribution in [0.2, 0.25) is 0 Å². The van der Waals surface area contributed by atoms with E-state index in [2.05, 4.69) is 5.10 Å². The third kappa shape index (κ3) is 2.32. The lowest BCUT2D eigenvalue weighted by atomic mass is 10.1. The van der Waals surface area contributed by atoms with Gasteiger partial charge in [0.05, 0.1) is 11.8 Å². The van der Waals surface area contributed by atoms with Gasteiger partial charge in [0.1, 0.15) is 5.75 Å². The highest BCUT2D eigenvalue weighted by Gasteiger charge is 2.31. The summed E-state index contributed by atoms with van der Waals surface area (Å²) in [5.41, 5.74) is 0.0532. The van der Waals surface area contributed by atoms with Gasteiger partial charge >= 0.3 is 6.18 Å². The fourth-order valence-corrected chi connectivity index (χ4v) is 1.63. The second kappa shape index (κ2) is 4.36. The topological polar surface area (TPSA) is 38.0 Å². The van der Waals surface area contributed by atoms with Gasteiger partial charge in [0.25, 0.3) is 0 Å². The molecular weight excluding hydrogens is 245 g/mol. The molecule has 0 aliphatic heterocycles. The number of rotatable bonds is 2. The summed E-state index contributed by atoms with van der Waals surface area (Å²) in [5.74, 6) is -0.402. The molecule has 0 saturated heterocycles. The first-order valence-electron chi connectivity index (χ1n) is 5.35. The van der Waals surface area contributed by atoms with Gasteiger partial charge in [-0.15, -0.1) is 0 Å². The number of nitrogens with zero attached hydrogens (tertiary/aromatic N) is 2. The predicted molar refractivity (Wildman–Crippen MR) is 60.0 cm³/mol. The summed E-state index contributed by atoms with van der Waals surface area (Å²) >= 11 is 0. The van der Waals surface area contributed by atoms with Crippen LogP contribution in [0.4, 0.5) is 13.2 Å². The van der Waals surface area contributed by atoms with Crippen LogP contribution in [0.5, 0.6) is 5.75 Å². The van der Waals surface area contributed by atoms with Crippen molar-refractivity contribution < 1.29 is 18.3 Å². The zero-order chi connectivity index (χ0) is 13.3. The molecule has 1 heterocycles. The molecule has 96 valence electrons. The summed E-state index contributed by atoms with van der Waals surface area (Å²) < 4.78 is 38.9. The molecule has 1 aromatic carbocycles. The molecule has 2 rings (SSSR count). The van der Waals surface area contributed by atoms with E-state index < -0.39 is 17.5 Å². The Bertz CT molecular complexity index is 561. The van der Waals surface area contributed by atoms with Gasteiger partial charge in [-0.25, -0.2) is 0 Å². The van der Waals surface area contributed by atoms with E-state index in [1.807, 2.05) is 6.92 Å². The number of phenols is 1. The van der Waals surface area contributed by atoms with Crippen LogP contribution in [0.25, 0.3) is 11.1 Å². The largest absolute Gasteiger partial charge is 0.507 e. The van der Waals surface area contributed by atoms with Crippen LogP contribution in [-0.2, 0) is 12.7 Å². The molecular formula is C12H11F3N2O. The fraction of sp³-hybridized carbons (Fsp3) is 0.250. The number of phenolic OH excluding ortho intramolecular Hbond substituents is 1. The molecule has 3 nitrogen and oxygen atoms in total.